The molecule has 3 aromatic rings. The molecule has 3 aromatic carbocycles. The molecule has 0 atom stereocenters. The summed E-state index contributed by atoms with van der Waals surface area (Å²) in [6.07, 6.45) is 8.94. The van der Waals surface area contributed by atoms with Gasteiger partial charge in [0.05, 0.1) is 17.9 Å². The number of carbonyl (C=O) groups excluding carboxylic acids is 1. The third-order valence-corrected chi connectivity index (χ3v) is 5.12. The summed E-state index contributed by atoms with van der Waals surface area (Å²) in [5.41, 5.74) is 1.80. The van der Waals surface area contributed by atoms with Gasteiger partial charge in [0.1, 0.15) is 17.3 Å². The van der Waals surface area contributed by atoms with Gasteiger partial charge in [-0.25, -0.2) is 9.18 Å². The fourth-order valence-electron chi connectivity index (χ4n) is 3.25. The summed E-state index contributed by atoms with van der Waals surface area (Å²) < 4.78 is 24.4. The number of hydrogen-bond donors (Lipinski definition) is 0. The average Bonchev–Trinajstić information content (AvgIpc) is 2.83. The van der Waals surface area contributed by atoms with Crippen LogP contribution in [-0.2, 0) is 0 Å². The molecule has 0 amide bonds. The maximum absolute atomic E-state index is 13.2. The molecule has 0 saturated heterocycles. The van der Waals surface area contributed by atoms with Crippen molar-refractivity contribution in [2.45, 2.75) is 45.4 Å². The highest BCUT2D eigenvalue weighted by molar-refractivity contribution is 5.91. The van der Waals surface area contributed by atoms with E-state index in [1.54, 1.807) is 66.9 Å². The maximum Gasteiger partial charge on any atom is 0.343 e. The van der Waals surface area contributed by atoms with Crippen LogP contribution in [0, 0.1) is 5.82 Å². The highest BCUT2D eigenvalue weighted by Crippen LogP contribution is 2.18. The standard InChI is InChI=1S/C28H30FNO3/c1-2-3-4-5-6-7-19-32-26-17-13-23(14-18-26)28(31)33-27-15-11-22(12-16-27)21-30-25-10-8-9-24(29)20-25/h8-18,20-21H,2-7,19H2,1H3. The van der Waals surface area contributed by atoms with Crippen LogP contribution in [0.2, 0.25) is 0 Å². The number of nitrogens with zero attached hydrogens (tertiary/aromatic N) is 1. The third-order valence-electron chi connectivity index (χ3n) is 5.12. The van der Waals surface area contributed by atoms with Gasteiger partial charge in [0.25, 0.3) is 0 Å². The van der Waals surface area contributed by atoms with Crippen LogP contribution in [-0.4, -0.2) is 18.8 Å². The summed E-state index contributed by atoms with van der Waals surface area (Å²) in [7, 11) is 0. The van der Waals surface area contributed by atoms with E-state index in [9.17, 15) is 9.18 Å². The minimum Gasteiger partial charge on any atom is -0.494 e. The predicted octanol–water partition coefficient (Wildman–Crippen LogP) is 7.53. The van der Waals surface area contributed by atoms with Crippen LogP contribution in [0.3, 0.4) is 0 Å². The Labute approximate surface area is 195 Å². The van der Waals surface area contributed by atoms with Gasteiger partial charge in [-0.1, -0.05) is 45.1 Å². The first-order chi connectivity index (χ1) is 16.1. The summed E-state index contributed by atoms with van der Waals surface area (Å²) in [5, 5.41) is 0. The lowest BCUT2D eigenvalue weighted by atomic mass is 10.1. The molecule has 0 aliphatic carbocycles. The van der Waals surface area contributed by atoms with E-state index in [0.29, 0.717) is 23.6 Å². The molecule has 0 radical (unpaired) electrons. The molecule has 3 rings (SSSR count). The maximum atomic E-state index is 13.2. The smallest absolute Gasteiger partial charge is 0.343 e. The van der Waals surface area contributed by atoms with Crippen molar-refractivity contribution in [3.8, 4) is 11.5 Å². The van der Waals surface area contributed by atoms with E-state index in [4.69, 9.17) is 9.47 Å². The van der Waals surface area contributed by atoms with E-state index in [1.807, 2.05) is 0 Å². The Kier molecular flexibility index (Phi) is 9.64. The van der Waals surface area contributed by atoms with Crippen molar-refractivity contribution >= 4 is 17.9 Å². The first-order valence-corrected chi connectivity index (χ1v) is 11.5. The third kappa shape index (κ3) is 8.53. The lowest BCUT2D eigenvalue weighted by Crippen LogP contribution is -2.08. The van der Waals surface area contributed by atoms with Crippen molar-refractivity contribution in [1.29, 1.82) is 0 Å². The fourth-order valence-corrected chi connectivity index (χ4v) is 3.25. The number of carbonyl (C=O) groups is 1. The van der Waals surface area contributed by atoms with Gasteiger partial charge in [0, 0.05) is 6.21 Å². The van der Waals surface area contributed by atoms with E-state index >= 15 is 0 Å². The molecule has 0 heterocycles. The predicted molar refractivity (Wildman–Crippen MR) is 130 cm³/mol. The lowest BCUT2D eigenvalue weighted by molar-refractivity contribution is 0.0734. The van der Waals surface area contributed by atoms with Gasteiger partial charge in [0.2, 0.25) is 0 Å². The van der Waals surface area contributed by atoms with Gasteiger partial charge < -0.3 is 9.47 Å². The molecule has 0 fully saturated rings. The molecule has 0 aliphatic heterocycles. The molecule has 4 nitrogen and oxygen atoms in total. The van der Waals surface area contributed by atoms with Crippen molar-refractivity contribution in [2.24, 2.45) is 4.99 Å². The van der Waals surface area contributed by atoms with Crippen molar-refractivity contribution in [1.82, 2.24) is 0 Å². The molecule has 0 spiro atoms. The summed E-state index contributed by atoms with van der Waals surface area (Å²) in [4.78, 5) is 16.7. The Balaban J connectivity index is 1.44. The number of esters is 1. The molecular weight excluding hydrogens is 417 g/mol. The molecule has 33 heavy (non-hydrogen) atoms. The van der Waals surface area contributed by atoms with E-state index < -0.39 is 5.97 Å². The first kappa shape index (κ1) is 24.2. The first-order valence-electron chi connectivity index (χ1n) is 11.5. The minimum atomic E-state index is -0.432. The second-order valence-electron chi connectivity index (χ2n) is 7.84. The Morgan fingerprint density at radius 3 is 2.30 bits per heavy atom. The molecular formula is C28H30FNO3. The zero-order valence-electron chi connectivity index (χ0n) is 19.0. The molecule has 0 unspecified atom stereocenters. The zero-order chi connectivity index (χ0) is 23.3. The number of hydrogen-bond acceptors (Lipinski definition) is 4. The SMILES string of the molecule is CCCCCCCCOc1ccc(C(=O)Oc2ccc(C=Nc3cccc(F)c3)cc2)cc1. The lowest BCUT2D eigenvalue weighted by Gasteiger charge is -2.08. The Bertz CT molecular complexity index is 1030. The van der Waals surface area contributed by atoms with Crippen molar-refractivity contribution in [2.75, 3.05) is 6.61 Å². The quantitative estimate of drug-likeness (QED) is 0.125. The van der Waals surface area contributed by atoms with E-state index in [2.05, 4.69) is 11.9 Å². The fraction of sp³-hybridized carbons (Fsp3) is 0.286. The van der Waals surface area contributed by atoms with Gasteiger partial charge in [0.15, 0.2) is 0 Å². The molecule has 0 aliphatic rings. The van der Waals surface area contributed by atoms with E-state index in [1.165, 1.54) is 44.2 Å². The van der Waals surface area contributed by atoms with Gasteiger partial charge in [-0.15, -0.1) is 0 Å². The zero-order valence-corrected chi connectivity index (χ0v) is 19.0. The van der Waals surface area contributed by atoms with Gasteiger partial charge >= 0.3 is 5.97 Å². The number of unbranched alkanes of at least 4 members (excludes halogenated alkanes) is 5. The summed E-state index contributed by atoms with van der Waals surface area (Å²) >= 11 is 0. The van der Waals surface area contributed by atoms with Crippen LogP contribution in [0.5, 0.6) is 11.5 Å². The number of ether oxygens (including phenoxy) is 2. The molecule has 0 bridgehead atoms. The summed E-state index contributed by atoms with van der Waals surface area (Å²) in [6, 6.07) is 20.0. The van der Waals surface area contributed by atoms with Crippen molar-refractivity contribution in [3.05, 3.63) is 89.7 Å². The average molecular weight is 448 g/mol. The number of benzene rings is 3. The Morgan fingerprint density at radius 1 is 0.879 bits per heavy atom. The van der Waals surface area contributed by atoms with Crippen LogP contribution in [0.1, 0.15) is 61.4 Å². The number of aliphatic imine (C=N–C) groups is 1. The highest BCUT2D eigenvalue weighted by atomic mass is 19.1. The number of rotatable bonds is 12. The van der Waals surface area contributed by atoms with Crippen LogP contribution < -0.4 is 9.47 Å². The van der Waals surface area contributed by atoms with Gasteiger partial charge in [-0.3, -0.25) is 4.99 Å². The molecule has 0 aromatic heterocycles. The monoisotopic (exact) mass is 447 g/mol. The minimum absolute atomic E-state index is 0.329. The summed E-state index contributed by atoms with van der Waals surface area (Å²) in [5.74, 6) is 0.427. The Hall–Kier alpha value is -3.47. The number of halogens is 1. The normalized spacial score (nSPS) is 11.0. The molecule has 5 heteroatoms. The molecule has 0 saturated carbocycles. The van der Waals surface area contributed by atoms with Crippen molar-refractivity contribution in [3.63, 3.8) is 0 Å². The summed E-state index contributed by atoms with van der Waals surface area (Å²) in [6.45, 7) is 2.90. The van der Waals surface area contributed by atoms with Crippen LogP contribution in [0.15, 0.2) is 77.8 Å². The largest absolute Gasteiger partial charge is 0.494 e. The van der Waals surface area contributed by atoms with Crippen LogP contribution >= 0.6 is 0 Å². The van der Waals surface area contributed by atoms with E-state index in [0.717, 1.165) is 17.7 Å². The highest BCUT2D eigenvalue weighted by Gasteiger charge is 2.09. The molecule has 172 valence electrons. The van der Waals surface area contributed by atoms with Crippen molar-refractivity contribution < 1.29 is 18.7 Å². The second-order valence-corrected chi connectivity index (χ2v) is 7.84. The second kappa shape index (κ2) is 13.2. The van der Waals surface area contributed by atoms with Crippen LogP contribution in [0.25, 0.3) is 0 Å². The topological polar surface area (TPSA) is 47.9 Å². The van der Waals surface area contributed by atoms with Gasteiger partial charge in [-0.2, -0.15) is 0 Å². The molecule has 0 N–H and O–H groups in total. The Morgan fingerprint density at radius 2 is 1.58 bits per heavy atom. The van der Waals surface area contributed by atoms with Crippen LogP contribution in [0.4, 0.5) is 10.1 Å². The van der Waals surface area contributed by atoms with Gasteiger partial charge in [-0.05, 0) is 78.7 Å². The van der Waals surface area contributed by atoms with E-state index in [-0.39, 0.29) is 5.82 Å².